The Hall–Kier alpha value is -0.531. The molecule has 0 unspecified atom stereocenters. The Kier molecular flexibility index (Phi) is 19.7. The highest BCUT2D eigenvalue weighted by molar-refractivity contribution is 6.95. The zero-order valence-electron chi connectivity index (χ0n) is 33.3. The van der Waals surface area contributed by atoms with Crippen molar-refractivity contribution in [1.82, 2.24) is 0 Å². The topological polar surface area (TPSA) is 94.1 Å². The summed E-state index contributed by atoms with van der Waals surface area (Å²) in [6.07, 6.45) is 0. The first-order valence-corrected chi connectivity index (χ1v) is 42.8. The minimum atomic E-state index is -3.22. The minimum absolute atomic E-state index is 0.817. The molecule has 0 amide bonds. The molecule has 0 heterocycles. The molecule has 0 radical (unpaired) electrons. The Morgan fingerprint density at radius 2 is 0.608 bits per heavy atom. The molecule has 0 aliphatic heterocycles. The molecule has 0 aliphatic carbocycles. The van der Waals surface area contributed by atoms with E-state index in [0.717, 1.165) is 15.6 Å². The second kappa shape index (κ2) is 21.5. The molecular formula is C32H64O9Si10. The standard InChI is InChI=1S/C22H44O6Si7.C10H20O3Si3/c1-29(2)23-34(24-30(3)4,21-17-13-11-14-18-21)27-33(9,10)28-35(25-31(5)6,26-32(7)8)22-19-15-12-16-20-22;1-14(2)12-16(11,13-15(3)4)10-8-6-5-7-9-10/h11-20,29-32H,1-10H3;5-9,11,14-15H,1-4H3. The Morgan fingerprint density at radius 1 is 0.373 bits per heavy atom. The molecule has 0 bridgehead atoms. The molecule has 19 heteroatoms. The van der Waals surface area contributed by atoms with E-state index in [2.05, 4.69) is 89.7 Å². The van der Waals surface area contributed by atoms with Crippen molar-refractivity contribution in [2.45, 2.75) is 91.7 Å². The number of hydrogen-bond acceptors (Lipinski definition) is 9. The van der Waals surface area contributed by atoms with Crippen LogP contribution in [-0.4, -0.2) is 94.0 Å². The van der Waals surface area contributed by atoms with Crippen LogP contribution in [0, 0.1) is 0 Å². The van der Waals surface area contributed by atoms with Gasteiger partial charge in [-0.05, 0) is 91.7 Å². The summed E-state index contributed by atoms with van der Waals surface area (Å²) in [5, 5.41) is 2.81. The second-order valence-corrected chi connectivity index (χ2v) is 42.2. The summed E-state index contributed by atoms with van der Waals surface area (Å²) >= 11 is 0. The number of benzene rings is 3. The molecule has 3 aromatic carbocycles. The lowest BCUT2D eigenvalue weighted by Crippen LogP contribution is -2.70. The van der Waals surface area contributed by atoms with E-state index in [0.29, 0.717) is 0 Å². The number of hydrogen-bond donors (Lipinski definition) is 1. The summed E-state index contributed by atoms with van der Waals surface area (Å²) in [7, 11) is -21.1. The highest BCUT2D eigenvalue weighted by Gasteiger charge is 2.55. The maximum Gasteiger partial charge on any atom is 0.513 e. The van der Waals surface area contributed by atoms with E-state index in [9.17, 15) is 4.80 Å². The Bertz CT molecular complexity index is 1290. The molecule has 1 N–H and O–H groups in total. The smallest absolute Gasteiger partial charge is 0.416 e. The molecule has 51 heavy (non-hydrogen) atoms. The number of rotatable bonds is 19. The van der Waals surface area contributed by atoms with Crippen molar-refractivity contribution in [3.05, 3.63) is 91.0 Å². The van der Waals surface area contributed by atoms with Gasteiger partial charge in [-0.25, -0.2) is 0 Å². The van der Waals surface area contributed by atoms with E-state index in [4.69, 9.17) is 32.9 Å². The van der Waals surface area contributed by atoms with E-state index in [1.165, 1.54) is 0 Å². The fourth-order valence-electron chi connectivity index (χ4n) is 5.19. The lowest BCUT2D eigenvalue weighted by Gasteiger charge is -2.43. The van der Waals surface area contributed by atoms with Gasteiger partial charge in [0.15, 0.2) is 54.2 Å². The quantitative estimate of drug-likeness (QED) is 0.178. The fourth-order valence-corrected chi connectivity index (χ4v) is 36.6. The highest BCUT2D eigenvalue weighted by Crippen LogP contribution is 2.26. The molecule has 3 rings (SSSR count). The van der Waals surface area contributed by atoms with Gasteiger partial charge in [0, 0.05) is 15.6 Å². The minimum Gasteiger partial charge on any atom is -0.416 e. The summed E-state index contributed by atoms with van der Waals surface area (Å²) in [6, 6.07) is 29.9. The van der Waals surface area contributed by atoms with Gasteiger partial charge in [0.1, 0.15) is 0 Å². The van der Waals surface area contributed by atoms with Crippen LogP contribution in [0.15, 0.2) is 91.0 Å². The highest BCUT2D eigenvalue weighted by atomic mass is 28.5. The lowest BCUT2D eigenvalue weighted by atomic mass is 10.4. The average molecular weight is 874 g/mol. The van der Waals surface area contributed by atoms with Crippen LogP contribution >= 0.6 is 0 Å². The van der Waals surface area contributed by atoms with Gasteiger partial charge in [0.2, 0.25) is 0 Å². The third-order valence-electron chi connectivity index (χ3n) is 6.51. The van der Waals surface area contributed by atoms with E-state index in [1.807, 2.05) is 92.9 Å². The van der Waals surface area contributed by atoms with Crippen LogP contribution in [0.3, 0.4) is 0 Å². The molecular weight excluding hydrogens is 809 g/mol. The second-order valence-electron chi connectivity index (χ2n) is 14.4. The van der Waals surface area contributed by atoms with Gasteiger partial charge in [-0.2, -0.15) is 0 Å². The molecule has 0 saturated heterocycles. The van der Waals surface area contributed by atoms with Gasteiger partial charge in [0.05, 0.1) is 0 Å². The molecule has 3 aromatic rings. The SMILES string of the molecule is C[SiH](C)O[Si](O)(O[SiH](C)C)c1ccccc1.C[SiH](C)O[Si](O[SiH](C)C)(O[Si](C)(C)O[Si](O[SiH](C)C)(O[SiH](C)C)c1ccccc1)c1ccccc1. The van der Waals surface area contributed by atoms with Gasteiger partial charge < -0.3 is 37.7 Å². The summed E-state index contributed by atoms with van der Waals surface area (Å²) < 4.78 is 52.6. The van der Waals surface area contributed by atoms with Gasteiger partial charge in [-0.15, -0.1) is 0 Å². The third-order valence-corrected chi connectivity index (χ3v) is 34.6. The van der Waals surface area contributed by atoms with E-state index in [1.54, 1.807) is 0 Å². The summed E-state index contributed by atoms with van der Waals surface area (Å²) in [6.45, 7) is 29.7. The van der Waals surface area contributed by atoms with Gasteiger partial charge in [0.25, 0.3) is 0 Å². The first kappa shape index (κ1) is 46.6. The predicted molar refractivity (Wildman–Crippen MR) is 237 cm³/mol. The Morgan fingerprint density at radius 3 is 0.843 bits per heavy atom. The van der Waals surface area contributed by atoms with Crippen LogP contribution in [0.1, 0.15) is 0 Å². The largest absolute Gasteiger partial charge is 0.513 e. The molecule has 286 valence electrons. The maximum atomic E-state index is 10.6. The lowest BCUT2D eigenvalue weighted by molar-refractivity contribution is 0.216. The van der Waals surface area contributed by atoms with Crippen LogP contribution in [0.4, 0.5) is 0 Å². The van der Waals surface area contributed by atoms with Crippen molar-refractivity contribution in [2.75, 3.05) is 0 Å². The molecule has 0 saturated carbocycles. The maximum absolute atomic E-state index is 10.6. The van der Waals surface area contributed by atoms with Crippen LogP contribution in [0.2, 0.25) is 91.7 Å². The van der Waals surface area contributed by atoms with Crippen molar-refractivity contribution in [3.8, 4) is 0 Å². The van der Waals surface area contributed by atoms with Crippen LogP contribution in [0.25, 0.3) is 0 Å². The van der Waals surface area contributed by atoms with Crippen LogP contribution in [-0.2, 0) is 32.9 Å². The summed E-state index contributed by atoms with van der Waals surface area (Å²) in [4.78, 5) is 10.6. The van der Waals surface area contributed by atoms with E-state index >= 15 is 0 Å². The zero-order valence-corrected chi connectivity index (χ0v) is 44.3. The Labute approximate surface area is 323 Å². The van der Waals surface area contributed by atoms with Crippen LogP contribution in [0.5, 0.6) is 0 Å². The third kappa shape index (κ3) is 16.0. The predicted octanol–water partition coefficient (Wildman–Crippen LogP) is 4.24. The van der Waals surface area contributed by atoms with Crippen LogP contribution < -0.4 is 15.6 Å². The summed E-state index contributed by atoms with van der Waals surface area (Å²) in [5.74, 6) is 0. The van der Waals surface area contributed by atoms with E-state index < -0.39 is 89.2 Å². The van der Waals surface area contributed by atoms with Crippen molar-refractivity contribution in [3.63, 3.8) is 0 Å². The normalized spacial score (nSPS) is 13.1. The van der Waals surface area contributed by atoms with Crippen molar-refractivity contribution in [2.24, 2.45) is 0 Å². The van der Waals surface area contributed by atoms with Gasteiger partial charge in [-0.1, -0.05) is 91.0 Å². The Balaban J connectivity index is 0.000000469. The van der Waals surface area contributed by atoms with Gasteiger partial charge in [-0.3, -0.25) is 0 Å². The van der Waals surface area contributed by atoms with Gasteiger partial charge >= 0.3 is 35.0 Å². The van der Waals surface area contributed by atoms with E-state index in [-0.39, 0.29) is 0 Å². The molecule has 0 atom stereocenters. The molecule has 0 aromatic heterocycles. The molecule has 0 spiro atoms. The molecule has 0 aliphatic rings. The zero-order chi connectivity index (χ0) is 38.5. The first-order chi connectivity index (χ1) is 23.7. The average Bonchev–Trinajstić information content (AvgIpc) is 3.00. The van der Waals surface area contributed by atoms with Crippen molar-refractivity contribution < 1.29 is 37.7 Å². The first-order valence-electron chi connectivity index (χ1n) is 18.1. The monoisotopic (exact) mass is 872 g/mol. The molecule has 0 fully saturated rings. The van der Waals surface area contributed by atoms with Crippen molar-refractivity contribution >= 4 is 105 Å². The summed E-state index contributed by atoms with van der Waals surface area (Å²) in [5.41, 5.74) is 0. The molecule has 9 nitrogen and oxygen atoms in total. The fraction of sp³-hybridized carbons (Fsp3) is 0.438. The van der Waals surface area contributed by atoms with Crippen molar-refractivity contribution in [1.29, 1.82) is 0 Å².